The minimum atomic E-state index is 0.569. The molecule has 1 aromatic carbocycles. The van der Waals surface area contributed by atoms with E-state index in [0.29, 0.717) is 23.1 Å². The molecule has 0 amide bonds. The third kappa shape index (κ3) is 3.88. The summed E-state index contributed by atoms with van der Waals surface area (Å²) in [6, 6.07) is 8.15. The summed E-state index contributed by atoms with van der Waals surface area (Å²) >= 11 is 8.03. The quantitative estimate of drug-likeness (QED) is 0.852. The summed E-state index contributed by atoms with van der Waals surface area (Å²) in [7, 11) is 1.63. The number of quaternary nitrogens is 1. The largest absolute Gasteiger partial charge is 0.493 e. The fourth-order valence-corrected chi connectivity index (χ4v) is 2.98. The second kappa shape index (κ2) is 7.53. The summed E-state index contributed by atoms with van der Waals surface area (Å²) in [6.07, 6.45) is 0. The first-order valence-corrected chi connectivity index (χ1v) is 7.83. The van der Waals surface area contributed by atoms with Gasteiger partial charge in [-0.15, -0.1) is 11.3 Å². The smallest absolute Gasteiger partial charge is 0.179 e. The first kappa shape index (κ1) is 15.2. The lowest BCUT2D eigenvalue weighted by Crippen LogP contribution is -2.80. The molecule has 3 nitrogen and oxygen atoms in total. The average Bonchev–Trinajstić information content (AvgIpc) is 2.94. The zero-order chi connectivity index (χ0) is 14.4. The highest BCUT2D eigenvalue weighted by molar-refractivity contribution is 7.09. The summed E-state index contributed by atoms with van der Waals surface area (Å²) in [5, 5.41) is 4.95. The number of rotatable bonds is 7. The number of benzene rings is 1. The van der Waals surface area contributed by atoms with E-state index in [1.165, 1.54) is 4.88 Å². The van der Waals surface area contributed by atoms with Crippen molar-refractivity contribution in [3.05, 3.63) is 45.1 Å². The van der Waals surface area contributed by atoms with Gasteiger partial charge in [-0.05, 0) is 30.5 Å². The van der Waals surface area contributed by atoms with E-state index in [1.807, 2.05) is 19.1 Å². The first-order chi connectivity index (χ1) is 9.74. The van der Waals surface area contributed by atoms with E-state index in [-0.39, 0.29) is 0 Å². The van der Waals surface area contributed by atoms with Gasteiger partial charge in [0, 0.05) is 5.56 Å². The molecule has 0 saturated heterocycles. The molecule has 0 aliphatic carbocycles. The second-order valence-electron chi connectivity index (χ2n) is 4.32. The van der Waals surface area contributed by atoms with Crippen LogP contribution in [0.15, 0.2) is 29.6 Å². The Morgan fingerprint density at radius 1 is 1.30 bits per heavy atom. The first-order valence-electron chi connectivity index (χ1n) is 6.57. The highest BCUT2D eigenvalue weighted by Crippen LogP contribution is 2.36. The highest BCUT2D eigenvalue weighted by atomic mass is 35.5. The Bertz CT molecular complexity index is 543. The Hall–Kier alpha value is -1.23. The molecule has 0 aliphatic rings. The van der Waals surface area contributed by atoms with Crippen molar-refractivity contribution in [1.29, 1.82) is 0 Å². The summed E-state index contributed by atoms with van der Waals surface area (Å²) in [4.78, 5) is 1.37. The molecule has 1 heterocycles. The number of nitrogens with two attached hydrogens (primary N) is 1. The van der Waals surface area contributed by atoms with Gasteiger partial charge in [-0.25, -0.2) is 0 Å². The van der Waals surface area contributed by atoms with Gasteiger partial charge in [-0.3, -0.25) is 0 Å². The van der Waals surface area contributed by atoms with Crippen molar-refractivity contribution in [2.24, 2.45) is 0 Å². The van der Waals surface area contributed by atoms with Gasteiger partial charge in [-0.1, -0.05) is 17.7 Å². The predicted molar refractivity (Wildman–Crippen MR) is 82.8 cm³/mol. The molecule has 0 radical (unpaired) electrons. The molecule has 0 aliphatic heterocycles. The van der Waals surface area contributed by atoms with E-state index in [9.17, 15) is 0 Å². The van der Waals surface area contributed by atoms with Gasteiger partial charge >= 0.3 is 0 Å². The second-order valence-corrected chi connectivity index (χ2v) is 5.76. The van der Waals surface area contributed by atoms with Crippen LogP contribution < -0.4 is 14.8 Å². The van der Waals surface area contributed by atoms with Gasteiger partial charge < -0.3 is 14.8 Å². The zero-order valence-electron chi connectivity index (χ0n) is 11.7. The maximum absolute atomic E-state index is 6.25. The summed E-state index contributed by atoms with van der Waals surface area (Å²) < 4.78 is 10.9. The molecule has 0 bridgehead atoms. The molecule has 1 aromatic heterocycles. The van der Waals surface area contributed by atoms with E-state index in [0.717, 1.165) is 18.7 Å². The van der Waals surface area contributed by atoms with Crippen LogP contribution in [-0.2, 0) is 13.1 Å². The van der Waals surface area contributed by atoms with E-state index in [4.69, 9.17) is 21.1 Å². The van der Waals surface area contributed by atoms with Crippen molar-refractivity contribution in [3.8, 4) is 11.5 Å². The summed E-state index contributed by atoms with van der Waals surface area (Å²) in [5.41, 5.74) is 1.13. The maximum atomic E-state index is 6.25. The number of thiophene rings is 1. The Kier molecular flexibility index (Phi) is 5.71. The third-order valence-electron chi connectivity index (χ3n) is 2.88. The fourth-order valence-electron chi connectivity index (χ4n) is 1.99. The molecule has 0 atom stereocenters. The fraction of sp³-hybridized carbons (Fsp3) is 0.333. The lowest BCUT2D eigenvalue weighted by molar-refractivity contribution is -0.685. The van der Waals surface area contributed by atoms with Crippen LogP contribution in [0.4, 0.5) is 0 Å². The van der Waals surface area contributed by atoms with Crippen molar-refractivity contribution in [1.82, 2.24) is 0 Å². The third-order valence-corrected chi connectivity index (χ3v) is 4.06. The Labute approximate surface area is 128 Å². The Balaban J connectivity index is 2.02. The zero-order valence-corrected chi connectivity index (χ0v) is 13.3. The van der Waals surface area contributed by atoms with Crippen molar-refractivity contribution in [2.45, 2.75) is 20.0 Å². The van der Waals surface area contributed by atoms with E-state index >= 15 is 0 Å². The predicted octanol–water partition coefficient (Wildman–Crippen LogP) is 3.07. The Morgan fingerprint density at radius 2 is 2.15 bits per heavy atom. The highest BCUT2D eigenvalue weighted by Gasteiger charge is 2.12. The SMILES string of the molecule is CCOc1c(Cl)cc(C[NH2+]Cc2cccs2)cc1OC. The standard InChI is InChI=1S/C15H18ClNO2S/c1-3-19-15-13(16)7-11(8-14(15)18-2)9-17-10-12-5-4-6-20-12/h4-8,17H,3,9-10H2,1-2H3/p+1. The molecule has 2 aromatic rings. The molecular formula is C15H19ClNO2S+. The monoisotopic (exact) mass is 312 g/mol. The van der Waals surface area contributed by atoms with Gasteiger partial charge in [0.05, 0.1) is 23.6 Å². The van der Waals surface area contributed by atoms with Crippen LogP contribution in [0, 0.1) is 0 Å². The molecule has 0 unspecified atom stereocenters. The number of ether oxygens (including phenoxy) is 2. The number of hydrogen-bond donors (Lipinski definition) is 1. The van der Waals surface area contributed by atoms with Crippen LogP contribution >= 0.6 is 22.9 Å². The normalized spacial score (nSPS) is 10.6. The molecule has 0 saturated carbocycles. The van der Waals surface area contributed by atoms with Gasteiger partial charge in [0.25, 0.3) is 0 Å². The van der Waals surface area contributed by atoms with Gasteiger partial charge in [0.15, 0.2) is 11.5 Å². The minimum Gasteiger partial charge on any atom is -0.493 e. The van der Waals surface area contributed by atoms with Crippen molar-refractivity contribution < 1.29 is 14.8 Å². The summed E-state index contributed by atoms with van der Waals surface area (Å²) in [6.45, 7) is 4.34. The molecule has 0 fully saturated rings. The maximum Gasteiger partial charge on any atom is 0.179 e. The van der Waals surface area contributed by atoms with Crippen molar-refractivity contribution in [2.75, 3.05) is 13.7 Å². The number of halogens is 1. The molecule has 2 N–H and O–H groups in total. The van der Waals surface area contributed by atoms with Gasteiger partial charge in [-0.2, -0.15) is 0 Å². The van der Waals surface area contributed by atoms with Crippen LogP contribution in [-0.4, -0.2) is 13.7 Å². The lowest BCUT2D eigenvalue weighted by Gasteiger charge is -2.12. The molecule has 20 heavy (non-hydrogen) atoms. The van der Waals surface area contributed by atoms with E-state index in [2.05, 4.69) is 22.8 Å². The molecule has 0 spiro atoms. The molecule has 5 heteroatoms. The lowest BCUT2D eigenvalue weighted by atomic mass is 10.2. The van der Waals surface area contributed by atoms with E-state index in [1.54, 1.807) is 18.4 Å². The molecule has 2 rings (SSSR count). The number of methoxy groups -OCH3 is 1. The van der Waals surface area contributed by atoms with Gasteiger partial charge in [0.1, 0.15) is 13.1 Å². The minimum absolute atomic E-state index is 0.569. The Morgan fingerprint density at radius 3 is 2.80 bits per heavy atom. The van der Waals surface area contributed by atoms with Crippen LogP contribution in [0.3, 0.4) is 0 Å². The number of hydrogen-bond acceptors (Lipinski definition) is 3. The van der Waals surface area contributed by atoms with Crippen LogP contribution in [0.1, 0.15) is 17.4 Å². The van der Waals surface area contributed by atoms with Crippen molar-refractivity contribution >= 4 is 22.9 Å². The average molecular weight is 313 g/mol. The topological polar surface area (TPSA) is 35.1 Å². The molecule has 108 valence electrons. The van der Waals surface area contributed by atoms with Gasteiger partial charge in [0.2, 0.25) is 0 Å². The van der Waals surface area contributed by atoms with Crippen molar-refractivity contribution in [3.63, 3.8) is 0 Å². The van der Waals surface area contributed by atoms with Crippen LogP contribution in [0.25, 0.3) is 0 Å². The molecular weight excluding hydrogens is 294 g/mol. The summed E-state index contributed by atoms with van der Waals surface area (Å²) in [5.74, 6) is 1.32. The van der Waals surface area contributed by atoms with E-state index < -0.39 is 0 Å². The van der Waals surface area contributed by atoms with Crippen LogP contribution in [0.2, 0.25) is 5.02 Å². The van der Waals surface area contributed by atoms with Crippen LogP contribution in [0.5, 0.6) is 11.5 Å².